The fourth-order valence-electron chi connectivity index (χ4n) is 11.0. The molecule has 0 N–H and O–H groups in total. The molecule has 0 fully saturated rings. The van der Waals surface area contributed by atoms with Crippen LogP contribution in [0.5, 0.6) is 0 Å². The second-order valence-corrected chi connectivity index (χ2v) is 18.0. The standard InChI is InChI=1S/C55H42/c1-54(2,3)36-27-34-18-17-31-19-24-43(42-26-22-35(28-36)49(34)50(31)42)51-39-12-6-7-13-40(39)52-44-25-21-32(29-46(44)41-14-10-15-45(51)53(41)52)33-20-23-38-37-11-8-9-16-47(37)55(4,5)48(38)30-33/h6-30,49-50H,1-5H3. The number of fused-ring (bicyclic) bond motifs is 8. The Morgan fingerprint density at radius 1 is 0.491 bits per heavy atom. The molecule has 0 saturated carbocycles. The van der Waals surface area contributed by atoms with E-state index in [2.05, 4.69) is 186 Å². The maximum absolute atomic E-state index is 2.47. The summed E-state index contributed by atoms with van der Waals surface area (Å²) in [6, 6.07) is 39.5. The van der Waals surface area contributed by atoms with Crippen LogP contribution in [0.2, 0.25) is 0 Å². The molecule has 0 radical (unpaired) electrons. The van der Waals surface area contributed by atoms with E-state index in [4.69, 9.17) is 0 Å². The van der Waals surface area contributed by atoms with Gasteiger partial charge in [-0.1, -0.05) is 174 Å². The van der Waals surface area contributed by atoms with Gasteiger partial charge < -0.3 is 0 Å². The Labute approximate surface area is 323 Å². The Morgan fingerprint density at radius 2 is 1.16 bits per heavy atom. The molecule has 6 aliphatic rings. The van der Waals surface area contributed by atoms with E-state index >= 15 is 0 Å². The molecule has 0 bridgehead atoms. The normalized spacial score (nSPS) is 20.5. The van der Waals surface area contributed by atoms with E-state index < -0.39 is 0 Å². The number of allylic oxidation sites excluding steroid dienone is 14. The summed E-state index contributed by atoms with van der Waals surface area (Å²) in [4.78, 5) is 0. The lowest BCUT2D eigenvalue weighted by molar-refractivity contribution is 0.500. The average molecular weight is 703 g/mol. The maximum Gasteiger partial charge on any atom is 0.0205 e. The van der Waals surface area contributed by atoms with Gasteiger partial charge in [0.15, 0.2) is 0 Å². The quantitative estimate of drug-likeness (QED) is 0.157. The zero-order valence-electron chi connectivity index (χ0n) is 32.1. The van der Waals surface area contributed by atoms with Gasteiger partial charge >= 0.3 is 0 Å². The molecular formula is C55H42. The van der Waals surface area contributed by atoms with Crippen LogP contribution >= 0.6 is 0 Å². The van der Waals surface area contributed by atoms with Gasteiger partial charge in [0.2, 0.25) is 0 Å². The molecule has 2 unspecified atom stereocenters. The number of hydrogen-bond acceptors (Lipinski definition) is 0. The monoisotopic (exact) mass is 702 g/mol. The summed E-state index contributed by atoms with van der Waals surface area (Å²) in [5.74, 6) is 0.677. The summed E-state index contributed by atoms with van der Waals surface area (Å²) in [6.07, 6.45) is 19.4. The maximum atomic E-state index is 2.47. The smallest absolute Gasteiger partial charge is 0.0205 e. The number of benzene rings is 6. The molecule has 0 nitrogen and oxygen atoms in total. The molecule has 262 valence electrons. The second kappa shape index (κ2) is 10.6. The van der Waals surface area contributed by atoms with Crippen molar-refractivity contribution in [3.8, 4) is 44.5 Å². The summed E-state index contributed by atoms with van der Waals surface area (Å²) in [6.45, 7) is 11.7. The van der Waals surface area contributed by atoms with Crippen molar-refractivity contribution < 1.29 is 0 Å². The topological polar surface area (TPSA) is 0 Å². The molecule has 6 aliphatic carbocycles. The van der Waals surface area contributed by atoms with Crippen molar-refractivity contribution in [3.63, 3.8) is 0 Å². The van der Waals surface area contributed by atoms with Gasteiger partial charge in [-0.05, 0) is 134 Å². The van der Waals surface area contributed by atoms with Crippen molar-refractivity contribution >= 4 is 27.1 Å². The molecule has 2 atom stereocenters. The van der Waals surface area contributed by atoms with E-state index in [1.54, 1.807) is 0 Å². The first-order valence-corrected chi connectivity index (χ1v) is 20.0. The lowest BCUT2D eigenvalue weighted by Gasteiger charge is -2.43. The highest BCUT2D eigenvalue weighted by molar-refractivity contribution is 6.28. The Kier molecular flexibility index (Phi) is 6.05. The molecule has 55 heavy (non-hydrogen) atoms. The summed E-state index contributed by atoms with van der Waals surface area (Å²) in [7, 11) is 0. The van der Waals surface area contributed by atoms with Gasteiger partial charge in [-0.25, -0.2) is 0 Å². The van der Waals surface area contributed by atoms with E-state index in [1.165, 1.54) is 116 Å². The molecule has 6 aromatic rings. The van der Waals surface area contributed by atoms with E-state index in [9.17, 15) is 0 Å². The zero-order valence-corrected chi connectivity index (χ0v) is 32.1. The second-order valence-electron chi connectivity index (χ2n) is 18.0. The minimum absolute atomic E-state index is 0.0283. The third kappa shape index (κ3) is 4.12. The van der Waals surface area contributed by atoms with Gasteiger partial charge in [-0.15, -0.1) is 0 Å². The highest BCUT2D eigenvalue weighted by Gasteiger charge is 2.42. The van der Waals surface area contributed by atoms with Gasteiger partial charge in [0.25, 0.3) is 0 Å². The van der Waals surface area contributed by atoms with Crippen LogP contribution in [0.1, 0.15) is 51.3 Å². The van der Waals surface area contributed by atoms with E-state index in [-0.39, 0.29) is 10.8 Å². The van der Waals surface area contributed by atoms with Crippen molar-refractivity contribution in [3.05, 3.63) is 196 Å². The largest absolute Gasteiger partial charge is 0.0619 e. The third-order valence-electron chi connectivity index (χ3n) is 13.7. The van der Waals surface area contributed by atoms with Crippen LogP contribution in [0, 0.1) is 17.3 Å². The Morgan fingerprint density at radius 3 is 2.00 bits per heavy atom. The fraction of sp³-hybridized carbons (Fsp3) is 0.164. The van der Waals surface area contributed by atoms with Gasteiger partial charge in [0.1, 0.15) is 0 Å². The predicted octanol–water partition coefficient (Wildman–Crippen LogP) is 14.5. The average Bonchev–Trinajstić information content (AvgIpc) is 3.65. The Hall–Kier alpha value is -5.98. The molecule has 0 saturated heterocycles. The first kappa shape index (κ1) is 31.4. The lowest BCUT2D eigenvalue weighted by Crippen LogP contribution is -2.31. The molecular weight excluding hydrogens is 661 g/mol. The van der Waals surface area contributed by atoms with Crippen LogP contribution in [0.3, 0.4) is 0 Å². The van der Waals surface area contributed by atoms with Gasteiger partial charge in [-0.2, -0.15) is 0 Å². The summed E-state index contributed by atoms with van der Waals surface area (Å²) in [5.41, 5.74) is 23.5. The van der Waals surface area contributed by atoms with Crippen molar-refractivity contribution in [1.29, 1.82) is 0 Å². The summed E-state index contributed by atoms with van der Waals surface area (Å²) < 4.78 is 0. The predicted molar refractivity (Wildman–Crippen MR) is 233 cm³/mol. The van der Waals surface area contributed by atoms with Crippen LogP contribution < -0.4 is 0 Å². The van der Waals surface area contributed by atoms with Crippen molar-refractivity contribution in [1.82, 2.24) is 0 Å². The van der Waals surface area contributed by atoms with Gasteiger partial charge in [0, 0.05) is 17.3 Å². The molecule has 0 heteroatoms. The molecule has 0 aliphatic heterocycles. The van der Waals surface area contributed by atoms with Crippen molar-refractivity contribution in [2.75, 3.05) is 0 Å². The molecule has 0 spiro atoms. The molecule has 12 rings (SSSR count). The van der Waals surface area contributed by atoms with E-state index in [1.807, 2.05) is 0 Å². The number of rotatable bonds is 2. The minimum Gasteiger partial charge on any atom is -0.0619 e. The van der Waals surface area contributed by atoms with Crippen LogP contribution in [-0.2, 0) is 5.41 Å². The van der Waals surface area contributed by atoms with Crippen LogP contribution in [0.25, 0.3) is 71.6 Å². The third-order valence-corrected chi connectivity index (χ3v) is 13.7. The first-order chi connectivity index (χ1) is 26.7. The van der Waals surface area contributed by atoms with Crippen LogP contribution in [0.15, 0.2) is 180 Å². The zero-order chi connectivity index (χ0) is 37.0. The van der Waals surface area contributed by atoms with Gasteiger partial charge in [-0.3, -0.25) is 0 Å². The summed E-state index contributed by atoms with van der Waals surface area (Å²) >= 11 is 0. The lowest BCUT2D eigenvalue weighted by atomic mass is 9.61. The van der Waals surface area contributed by atoms with Crippen molar-refractivity contribution in [2.45, 2.75) is 40.0 Å². The van der Waals surface area contributed by atoms with Crippen LogP contribution in [0.4, 0.5) is 0 Å². The Bertz CT molecular complexity index is 3020. The molecule has 0 amide bonds. The highest BCUT2D eigenvalue weighted by atomic mass is 14.4. The minimum atomic E-state index is -0.0283. The first-order valence-electron chi connectivity index (χ1n) is 20.0. The molecule has 6 aromatic carbocycles. The highest BCUT2D eigenvalue weighted by Crippen LogP contribution is 2.58. The van der Waals surface area contributed by atoms with E-state index in [0.717, 1.165) is 0 Å². The molecule has 0 aromatic heterocycles. The van der Waals surface area contributed by atoms with Gasteiger partial charge in [0.05, 0.1) is 0 Å². The van der Waals surface area contributed by atoms with Crippen LogP contribution in [-0.4, -0.2) is 0 Å². The van der Waals surface area contributed by atoms with Crippen molar-refractivity contribution in [2.24, 2.45) is 17.3 Å². The number of hydrogen-bond donors (Lipinski definition) is 0. The fourth-order valence-corrected chi connectivity index (χ4v) is 11.0. The summed E-state index contributed by atoms with van der Waals surface area (Å²) in [5, 5.41) is 5.40. The van der Waals surface area contributed by atoms with E-state index in [0.29, 0.717) is 11.8 Å². The molecule has 0 heterocycles. The Balaban J connectivity index is 1.04. The SMILES string of the molecule is CC(C)(C)C1=CC2=CC=C3C(c4c5ccccc5c5c6c(cccc46)-c4cc(-c6ccc7c(c6)C(C)(C)c6ccccc6-7)ccc4-5)=CC=C4C=CC(=C1)C2C43.